The maximum Gasteiger partial charge on any atom is 0.229 e. The number of rotatable bonds is 8. The fourth-order valence-corrected chi connectivity index (χ4v) is 3.52. The molecule has 1 fully saturated rings. The van der Waals surface area contributed by atoms with Crippen LogP contribution < -0.4 is 14.2 Å². The Hall–Kier alpha value is -2.76. The van der Waals surface area contributed by atoms with E-state index >= 15 is 0 Å². The fourth-order valence-electron chi connectivity index (χ4n) is 3.52. The van der Waals surface area contributed by atoms with Gasteiger partial charge in [-0.15, -0.1) is 0 Å². The number of phenolic OH excluding ortho intramolecular Hbond substituents is 2. The van der Waals surface area contributed by atoms with Gasteiger partial charge >= 0.3 is 0 Å². The van der Waals surface area contributed by atoms with E-state index < -0.39 is 37.3 Å². The Labute approximate surface area is 184 Å². The lowest BCUT2D eigenvalue weighted by atomic mass is 9.99. The number of benzene rings is 2. The second-order valence-corrected chi connectivity index (χ2v) is 7.47. The highest BCUT2D eigenvalue weighted by Gasteiger charge is 2.45. The minimum Gasteiger partial charge on any atom is -0.504 e. The summed E-state index contributed by atoms with van der Waals surface area (Å²) < 4.78 is 21.2. The quantitative estimate of drug-likeness (QED) is 0.324. The van der Waals surface area contributed by atoms with Crippen LogP contribution in [0.5, 0.6) is 28.7 Å². The summed E-state index contributed by atoms with van der Waals surface area (Å²) in [5, 5.41) is 59.7. The normalized spacial score (nSPS) is 25.4. The molecule has 0 aromatic heterocycles. The predicted molar refractivity (Wildman–Crippen MR) is 111 cm³/mol. The number of methoxy groups -OCH3 is 2. The van der Waals surface area contributed by atoms with Crippen molar-refractivity contribution < 1.29 is 49.6 Å². The van der Waals surface area contributed by atoms with Crippen LogP contribution in [-0.2, 0) is 17.6 Å². The Morgan fingerprint density at radius 1 is 0.812 bits per heavy atom. The highest BCUT2D eigenvalue weighted by atomic mass is 16.7. The van der Waals surface area contributed by atoms with Crippen molar-refractivity contribution >= 4 is 0 Å². The number of aromatic hydroxyl groups is 2. The molecule has 0 spiro atoms. The van der Waals surface area contributed by atoms with Crippen molar-refractivity contribution in [3.63, 3.8) is 0 Å². The zero-order valence-electron chi connectivity index (χ0n) is 17.7. The first-order valence-electron chi connectivity index (χ1n) is 10.0. The lowest BCUT2D eigenvalue weighted by molar-refractivity contribution is -0.277. The highest BCUT2D eigenvalue weighted by Crippen LogP contribution is 2.40. The van der Waals surface area contributed by atoms with Crippen LogP contribution in [0.3, 0.4) is 0 Å². The zero-order valence-corrected chi connectivity index (χ0v) is 17.7. The molecule has 176 valence electrons. The molecule has 0 bridgehead atoms. The van der Waals surface area contributed by atoms with E-state index in [1.807, 2.05) is 6.07 Å². The van der Waals surface area contributed by atoms with E-state index in [0.717, 1.165) is 11.1 Å². The first-order valence-corrected chi connectivity index (χ1v) is 10.0. The molecule has 0 radical (unpaired) electrons. The van der Waals surface area contributed by atoms with Gasteiger partial charge < -0.3 is 49.6 Å². The third-order valence-corrected chi connectivity index (χ3v) is 5.34. The third kappa shape index (κ3) is 5.00. The monoisotopic (exact) mass is 452 g/mol. The molecule has 32 heavy (non-hydrogen) atoms. The molecular weight excluding hydrogens is 424 g/mol. The van der Waals surface area contributed by atoms with E-state index in [0.29, 0.717) is 18.6 Å². The Morgan fingerprint density at radius 3 is 2.09 bits per heavy atom. The van der Waals surface area contributed by atoms with Crippen LogP contribution in [-0.4, -0.2) is 82.2 Å². The number of hydrogen-bond acceptors (Lipinski definition) is 10. The van der Waals surface area contributed by atoms with Gasteiger partial charge in [-0.3, -0.25) is 0 Å². The van der Waals surface area contributed by atoms with Crippen molar-refractivity contribution in [3.05, 3.63) is 41.5 Å². The molecule has 10 heteroatoms. The lowest BCUT2D eigenvalue weighted by Crippen LogP contribution is -2.60. The largest absolute Gasteiger partial charge is 0.504 e. The molecule has 6 N–H and O–H groups in total. The zero-order chi connectivity index (χ0) is 23.4. The van der Waals surface area contributed by atoms with Crippen molar-refractivity contribution in [1.82, 2.24) is 0 Å². The van der Waals surface area contributed by atoms with Crippen molar-refractivity contribution in [1.29, 1.82) is 0 Å². The summed E-state index contributed by atoms with van der Waals surface area (Å²) >= 11 is 0. The molecule has 2 aromatic rings. The average Bonchev–Trinajstić information content (AvgIpc) is 2.79. The van der Waals surface area contributed by atoms with Crippen LogP contribution in [0.2, 0.25) is 0 Å². The SMILES string of the molecule is COc1ccc(CCc2cc(O)c(OC3OC(CO)C(O)C(O)C3O)c(OC)c2)cc1O. The molecular formula is C22H28O10. The number of hydrogen-bond donors (Lipinski definition) is 6. The van der Waals surface area contributed by atoms with Gasteiger partial charge in [0.25, 0.3) is 0 Å². The van der Waals surface area contributed by atoms with Gasteiger partial charge in [-0.05, 0) is 48.2 Å². The van der Waals surface area contributed by atoms with E-state index in [4.69, 9.17) is 18.9 Å². The van der Waals surface area contributed by atoms with Crippen molar-refractivity contribution in [2.45, 2.75) is 43.5 Å². The summed E-state index contributed by atoms with van der Waals surface area (Å²) in [6.45, 7) is -0.603. The first kappa shape index (κ1) is 23.9. The number of aliphatic hydroxyl groups excluding tert-OH is 4. The van der Waals surface area contributed by atoms with E-state index in [1.165, 1.54) is 20.3 Å². The topological polar surface area (TPSA) is 158 Å². The molecule has 0 aliphatic carbocycles. The standard InChI is InChI=1S/C22H28O10/c1-29-15-6-5-11(7-13(15)24)3-4-12-8-14(25)21(16(9-12)30-2)32-22-20(28)19(27)18(26)17(10-23)31-22/h5-9,17-20,22-28H,3-4,10H2,1-2H3. The second kappa shape index (κ2) is 10.2. The van der Waals surface area contributed by atoms with Crippen molar-refractivity contribution in [2.75, 3.05) is 20.8 Å². The van der Waals surface area contributed by atoms with Crippen molar-refractivity contribution in [3.8, 4) is 28.7 Å². The van der Waals surface area contributed by atoms with Crippen LogP contribution in [0.1, 0.15) is 11.1 Å². The number of phenols is 2. The van der Waals surface area contributed by atoms with Gasteiger partial charge in [0.1, 0.15) is 24.4 Å². The molecule has 5 atom stereocenters. The summed E-state index contributed by atoms with van der Waals surface area (Å²) in [6.07, 6.45) is -6.29. The predicted octanol–water partition coefficient (Wildman–Crippen LogP) is 0.0789. The highest BCUT2D eigenvalue weighted by molar-refractivity contribution is 5.53. The maximum atomic E-state index is 10.5. The number of ether oxygens (including phenoxy) is 4. The Morgan fingerprint density at radius 2 is 1.47 bits per heavy atom. The Bertz CT molecular complexity index is 916. The van der Waals surface area contributed by atoms with Crippen LogP contribution in [0.15, 0.2) is 30.3 Å². The second-order valence-electron chi connectivity index (χ2n) is 7.47. The van der Waals surface area contributed by atoms with Crippen LogP contribution in [0.25, 0.3) is 0 Å². The van der Waals surface area contributed by atoms with Crippen LogP contribution >= 0.6 is 0 Å². The van der Waals surface area contributed by atoms with Crippen LogP contribution in [0, 0.1) is 0 Å². The van der Waals surface area contributed by atoms with E-state index in [2.05, 4.69) is 0 Å². The molecule has 2 aromatic carbocycles. The Balaban J connectivity index is 1.75. The van der Waals surface area contributed by atoms with E-state index in [1.54, 1.807) is 18.2 Å². The molecule has 0 saturated carbocycles. The fraction of sp³-hybridized carbons (Fsp3) is 0.455. The van der Waals surface area contributed by atoms with Gasteiger partial charge in [-0.1, -0.05) is 6.07 Å². The summed E-state index contributed by atoms with van der Waals surface area (Å²) in [7, 11) is 2.85. The van der Waals surface area contributed by atoms with Gasteiger partial charge in [0.05, 0.1) is 20.8 Å². The molecule has 1 aliphatic rings. The van der Waals surface area contributed by atoms with E-state index in [9.17, 15) is 30.6 Å². The molecule has 1 saturated heterocycles. The molecule has 3 rings (SSSR count). The summed E-state index contributed by atoms with van der Waals surface area (Å²) in [6, 6.07) is 8.20. The number of aryl methyl sites for hydroxylation is 2. The minimum atomic E-state index is -1.63. The minimum absolute atomic E-state index is 0.0358. The summed E-state index contributed by atoms with van der Waals surface area (Å²) in [5.74, 6) is 0.169. The van der Waals surface area contributed by atoms with Gasteiger partial charge in [-0.2, -0.15) is 0 Å². The molecule has 1 heterocycles. The van der Waals surface area contributed by atoms with Gasteiger partial charge in [-0.25, -0.2) is 0 Å². The molecule has 5 unspecified atom stereocenters. The third-order valence-electron chi connectivity index (χ3n) is 5.34. The smallest absolute Gasteiger partial charge is 0.229 e. The van der Waals surface area contributed by atoms with Crippen molar-refractivity contribution in [2.24, 2.45) is 0 Å². The average molecular weight is 452 g/mol. The summed E-state index contributed by atoms with van der Waals surface area (Å²) in [4.78, 5) is 0. The van der Waals surface area contributed by atoms with E-state index in [-0.39, 0.29) is 23.0 Å². The summed E-state index contributed by atoms with van der Waals surface area (Å²) in [5.41, 5.74) is 1.58. The maximum absolute atomic E-state index is 10.5. The van der Waals surface area contributed by atoms with Crippen LogP contribution in [0.4, 0.5) is 0 Å². The van der Waals surface area contributed by atoms with Gasteiger partial charge in [0.2, 0.25) is 12.0 Å². The van der Waals surface area contributed by atoms with Gasteiger partial charge in [0, 0.05) is 0 Å². The lowest BCUT2D eigenvalue weighted by Gasteiger charge is -2.39. The Kier molecular flexibility index (Phi) is 7.64. The molecule has 1 aliphatic heterocycles. The first-order chi connectivity index (χ1) is 15.3. The number of aliphatic hydroxyl groups is 4. The molecule has 0 amide bonds. The molecule has 10 nitrogen and oxygen atoms in total. The van der Waals surface area contributed by atoms with Gasteiger partial charge in [0.15, 0.2) is 23.0 Å².